The molecule has 0 saturated heterocycles. The van der Waals surface area contributed by atoms with E-state index in [4.69, 9.17) is 5.14 Å². The maximum atomic E-state index is 11.1. The summed E-state index contributed by atoms with van der Waals surface area (Å²) >= 11 is 0. The molecule has 0 aromatic carbocycles. The Bertz CT molecular complexity index is 508. The average molecular weight is 211 g/mol. The van der Waals surface area contributed by atoms with Gasteiger partial charge in [-0.25, -0.2) is 13.6 Å². The van der Waals surface area contributed by atoms with Crippen LogP contribution in [0.4, 0.5) is 0 Å². The second kappa shape index (κ2) is 2.93. The number of nitrogens with zero attached hydrogens (tertiary/aromatic N) is 4. The van der Waals surface area contributed by atoms with Crippen LogP contribution < -0.4 is 5.14 Å². The van der Waals surface area contributed by atoms with Crippen LogP contribution in [0, 0.1) is 0 Å². The van der Waals surface area contributed by atoms with Crippen molar-refractivity contribution in [3.05, 3.63) is 34.8 Å². The summed E-state index contributed by atoms with van der Waals surface area (Å²) < 4.78 is 22.1. The summed E-state index contributed by atoms with van der Waals surface area (Å²) in [4.78, 5) is -0.141. The highest BCUT2D eigenvalue weighted by atomic mass is 32.2. The molecule has 2 heterocycles. The summed E-state index contributed by atoms with van der Waals surface area (Å²) in [5.41, 5.74) is 0.469. The zero-order valence-corrected chi connectivity index (χ0v) is 7.64. The molecule has 0 spiro atoms. The van der Waals surface area contributed by atoms with Gasteiger partial charge in [0.25, 0.3) is 0 Å². The molecule has 0 aromatic rings. The molecule has 0 bridgehead atoms. The van der Waals surface area contributed by atoms with Crippen molar-refractivity contribution in [3.63, 3.8) is 0 Å². The molecule has 2 rings (SSSR count). The highest BCUT2D eigenvalue weighted by Crippen LogP contribution is 2.28. The van der Waals surface area contributed by atoms with Crippen molar-refractivity contribution < 1.29 is 8.42 Å². The van der Waals surface area contributed by atoms with Crippen LogP contribution in [0.2, 0.25) is 0 Å². The van der Waals surface area contributed by atoms with Crippen LogP contribution in [0.5, 0.6) is 0 Å². The topological polar surface area (TPSA) is 110 Å². The molecule has 0 aromatic heterocycles. The van der Waals surface area contributed by atoms with Crippen LogP contribution in [0.15, 0.2) is 55.2 Å². The van der Waals surface area contributed by atoms with Gasteiger partial charge in [0.05, 0.1) is 12.4 Å². The summed E-state index contributed by atoms with van der Waals surface area (Å²) in [6, 6.07) is 0. The van der Waals surface area contributed by atoms with Crippen molar-refractivity contribution >= 4 is 10.0 Å². The van der Waals surface area contributed by atoms with E-state index in [2.05, 4.69) is 20.5 Å². The van der Waals surface area contributed by atoms with E-state index in [0.29, 0.717) is 5.70 Å². The Labute approximate surface area is 79.5 Å². The van der Waals surface area contributed by atoms with Crippen LogP contribution >= 0.6 is 0 Å². The molecule has 2 N–H and O–H groups in total. The Kier molecular flexibility index (Phi) is 1.86. The normalized spacial score (nSPS) is 24.8. The molecular weight excluding hydrogens is 206 g/mol. The first-order valence-corrected chi connectivity index (χ1v) is 5.09. The molecule has 2 aliphatic heterocycles. The largest absolute Gasteiger partial charge is 0.241 e. The third-order valence-electron chi connectivity index (χ3n) is 1.58. The highest BCUT2D eigenvalue weighted by molar-refractivity contribution is 7.93. The lowest BCUT2D eigenvalue weighted by molar-refractivity contribution is 0.604. The van der Waals surface area contributed by atoms with Gasteiger partial charge in [-0.05, 0) is 6.08 Å². The van der Waals surface area contributed by atoms with E-state index in [-0.39, 0.29) is 10.6 Å². The molecule has 0 fully saturated rings. The average Bonchev–Trinajstić information content (AvgIpc) is 2.73. The molecule has 0 saturated carbocycles. The number of hydrogen-bond acceptors (Lipinski definition) is 6. The number of hydrogen-bond donors (Lipinski definition) is 1. The summed E-state index contributed by atoms with van der Waals surface area (Å²) in [6.45, 7) is 0. The van der Waals surface area contributed by atoms with Crippen LogP contribution in [0.1, 0.15) is 0 Å². The van der Waals surface area contributed by atoms with Gasteiger partial charge in [0.15, 0.2) is 0 Å². The number of rotatable bonds is 1. The molecule has 8 heteroatoms. The maximum Gasteiger partial charge on any atom is 0.241 e. The van der Waals surface area contributed by atoms with E-state index in [1.165, 1.54) is 12.3 Å². The van der Waals surface area contributed by atoms with Crippen LogP contribution in [0.3, 0.4) is 0 Å². The SMILES string of the molecule is NS(=O)(=O)C1=CN=NC1=C1C=CN=N1. The van der Waals surface area contributed by atoms with E-state index in [9.17, 15) is 8.42 Å². The Morgan fingerprint density at radius 3 is 2.57 bits per heavy atom. The third-order valence-corrected chi connectivity index (χ3v) is 2.49. The van der Waals surface area contributed by atoms with E-state index in [1.807, 2.05) is 0 Å². The van der Waals surface area contributed by atoms with E-state index in [0.717, 1.165) is 6.20 Å². The molecule has 7 nitrogen and oxygen atoms in total. The van der Waals surface area contributed by atoms with Gasteiger partial charge in [0, 0.05) is 0 Å². The quantitative estimate of drug-likeness (QED) is 0.691. The fourth-order valence-corrected chi connectivity index (χ4v) is 1.60. The van der Waals surface area contributed by atoms with Gasteiger partial charge in [-0.2, -0.15) is 10.2 Å². The van der Waals surface area contributed by atoms with Crippen molar-refractivity contribution in [3.8, 4) is 0 Å². The number of sulfonamides is 1. The summed E-state index contributed by atoms with van der Waals surface area (Å²) in [5.74, 6) is 0. The second-order valence-electron chi connectivity index (χ2n) is 2.52. The van der Waals surface area contributed by atoms with Crippen LogP contribution in [-0.4, -0.2) is 8.42 Å². The zero-order chi connectivity index (χ0) is 10.2. The minimum Gasteiger partial charge on any atom is -0.225 e. The second-order valence-corrected chi connectivity index (χ2v) is 4.05. The molecule has 72 valence electrons. The van der Waals surface area contributed by atoms with Gasteiger partial charge in [-0.3, -0.25) is 0 Å². The van der Waals surface area contributed by atoms with Crippen molar-refractivity contribution in [1.82, 2.24) is 0 Å². The predicted molar refractivity (Wildman–Crippen MR) is 47.1 cm³/mol. The first kappa shape index (κ1) is 8.91. The van der Waals surface area contributed by atoms with Gasteiger partial charge < -0.3 is 0 Å². The van der Waals surface area contributed by atoms with Gasteiger partial charge in [0.2, 0.25) is 10.0 Å². The van der Waals surface area contributed by atoms with Gasteiger partial charge in [0.1, 0.15) is 16.3 Å². The first-order chi connectivity index (χ1) is 6.59. The van der Waals surface area contributed by atoms with Crippen LogP contribution in [-0.2, 0) is 10.0 Å². The van der Waals surface area contributed by atoms with Crippen molar-refractivity contribution in [1.29, 1.82) is 0 Å². The number of primary sulfonamides is 1. The summed E-state index contributed by atoms with van der Waals surface area (Å²) in [7, 11) is -3.81. The van der Waals surface area contributed by atoms with Crippen molar-refractivity contribution in [2.24, 2.45) is 25.6 Å². The molecule has 14 heavy (non-hydrogen) atoms. The van der Waals surface area contributed by atoms with Crippen molar-refractivity contribution in [2.45, 2.75) is 0 Å². The lowest BCUT2D eigenvalue weighted by atomic mass is 10.3. The Morgan fingerprint density at radius 2 is 2.00 bits per heavy atom. The molecular formula is C6H5N5O2S. The summed E-state index contributed by atoms with van der Waals surface area (Å²) in [5, 5.41) is 19.2. The number of allylic oxidation sites excluding steroid dienone is 1. The number of azo groups is 2. The smallest absolute Gasteiger partial charge is 0.225 e. The van der Waals surface area contributed by atoms with E-state index >= 15 is 0 Å². The molecule has 0 aliphatic carbocycles. The predicted octanol–water partition coefficient (Wildman–Crippen LogP) is 0.773. The summed E-state index contributed by atoms with van der Waals surface area (Å²) in [6.07, 6.45) is 4.04. The number of nitrogens with two attached hydrogens (primary N) is 1. The Balaban J connectivity index is 2.55. The highest BCUT2D eigenvalue weighted by Gasteiger charge is 2.24. The van der Waals surface area contributed by atoms with Gasteiger partial charge >= 0.3 is 0 Å². The standard InChI is InChI=1S/C6H5N5O2S/c7-14(12,13)5-3-9-11-6(5)4-1-2-8-10-4/h1-3H,(H2,7,12,13). The fraction of sp³-hybridized carbons (Fsp3) is 0. The third kappa shape index (κ3) is 1.40. The van der Waals surface area contributed by atoms with Crippen LogP contribution in [0.25, 0.3) is 0 Å². The molecule has 2 aliphatic rings. The Morgan fingerprint density at radius 1 is 1.21 bits per heavy atom. The minimum atomic E-state index is -3.81. The first-order valence-electron chi connectivity index (χ1n) is 3.55. The minimum absolute atomic E-state index is 0.130. The zero-order valence-electron chi connectivity index (χ0n) is 6.82. The molecule has 0 atom stereocenters. The van der Waals surface area contributed by atoms with Gasteiger partial charge in [-0.1, -0.05) is 0 Å². The molecule has 0 amide bonds. The van der Waals surface area contributed by atoms with Crippen molar-refractivity contribution in [2.75, 3.05) is 0 Å². The maximum absolute atomic E-state index is 11.1. The van der Waals surface area contributed by atoms with E-state index in [1.54, 1.807) is 0 Å². The monoisotopic (exact) mass is 211 g/mol. The van der Waals surface area contributed by atoms with E-state index < -0.39 is 10.0 Å². The van der Waals surface area contributed by atoms with Gasteiger partial charge in [-0.15, -0.1) is 10.2 Å². The lowest BCUT2D eigenvalue weighted by Gasteiger charge is -1.98. The fourth-order valence-electron chi connectivity index (χ4n) is 0.994. The Hall–Kier alpha value is -1.67. The molecule has 0 unspecified atom stereocenters. The molecule has 0 radical (unpaired) electrons. The lowest BCUT2D eigenvalue weighted by Crippen LogP contribution is -2.15.